The van der Waals surface area contributed by atoms with Crippen molar-refractivity contribution in [2.24, 2.45) is 0 Å². The molecule has 10 nitrogen and oxygen atoms in total. The van der Waals surface area contributed by atoms with Gasteiger partial charge < -0.3 is 42.6 Å². The molecule has 0 aliphatic heterocycles. The van der Waals surface area contributed by atoms with E-state index >= 15 is 0 Å². The van der Waals surface area contributed by atoms with Crippen molar-refractivity contribution < 1.29 is 51.8 Å². The van der Waals surface area contributed by atoms with Crippen LogP contribution in [0.4, 0.5) is 4.39 Å². The van der Waals surface area contributed by atoms with Gasteiger partial charge in [0.1, 0.15) is 13.3 Å². The first-order valence-electron chi connectivity index (χ1n) is 14.6. The Labute approximate surface area is 235 Å². The third-order valence-corrected chi connectivity index (χ3v) is 5.30. The van der Waals surface area contributed by atoms with E-state index in [0.717, 1.165) is 12.8 Å². The van der Waals surface area contributed by atoms with Crippen LogP contribution in [0.15, 0.2) is 0 Å². The maximum atomic E-state index is 11.8. The van der Waals surface area contributed by atoms with Crippen molar-refractivity contribution in [1.82, 2.24) is 0 Å². The molecule has 0 saturated carbocycles. The number of carbonyl (C=O) groups excluding carboxylic acids is 1. The molecule has 0 heterocycles. The molecular weight excluding hydrogens is 515 g/mol. The molecule has 0 spiro atoms. The number of alkyl halides is 1. The summed E-state index contributed by atoms with van der Waals surface area (Å²) in [5.41, 5.74) is 0. The van der Waals surface area contributed by atoms with E-state index in [1.165, 1.54) is 32.1 Å². The van der Waals surface area contributed by atoms with E-state index in [1.807, 2.05) is 0 Å². The molecule has 0 saturated heterocycles. The third-order valence-electron chi connectivity index (χ3n) is 5.30. The standard InChI is InChI=1S/C28H55FO10/c1-2-3-4-5-6-7-8-9-28(30)39-27-26-38-25-24-37-23-22-36-21-20-35-19-18-34-17-16-33-15-14-32-13-12-31-11-10-29/h2-27H2,1H3. The lowest BCUT2D eigenvalue weighted by molar-refractivity contribution is -0.145. The summed E-state index contributed by atoms with van der Waals surface area (Å²) < 4.78 is 59.7. The predicted octanol–water partition coefficient (Wildman–Crippen LogP) is 3.77. The van der Waals surface area contributed by atoms with Crippen LogP contribution in [0, 0.1) is 0 Å². The van der Waals surface area contributed by atoms with Crippen molar-refractivity contribution in [3.63, 3.8) is 0 Å². The first-order valence-corrected chi connectivity index (χ1v) is 14.6. The lowest BCUT2D eigenvalue weighted by Gasteiger charge is -2.09. The van der Waals surface area contributed by atoms with Crippen LogP contribution in [0.2, 0.25) is 0 Å². The van der Waals surface area contributed by atoms with Crippen molar-refractivity contribution in [2.45, 2.75) is 58.3 Å². The second-order valence-corrected chi connectivity index (χ2v) is 8.68. The van der Waals surface area contributed by atoms with Gasteiger partial charge in [0.05, 0.1) is 106 Å². The number of esters is 1. The molecule has 0 unspecified atom stereocenters. The molecule has 234 valence electrons. The fraction of sp³-hybridized carbons (Fsp3) is 0.964. The highest BCUT2D eigenvalue weighted by atomic mass is 19.1. The van der Waals surface area contributed by atoms with Crippen LogP contribution >= 0.6 is 0 Å². The Morgan fingerprint density at radius 2 is 0.744 bits per heavy atom. The summed E-state index contributed by atoms with van der Waals surface area (Å²) >= 11 is 0. The van der Waals surface area contributed by atoms with Gasteiger partial charge in [0, 0.05) is 6.42 Å². The van der Waals surface area contributed by atoms with E-state index < -0.39 is 6.67 Å². The number of unbranched alkanes of at least 4 members (excludes halogenated alkanes) is 6. The van der Waals surface area contributed by atoms with Gasteiger partial charge in [-0.3, -0.25) is 4.79 Å². The maximum Gasteiger partial charge on any atom is 0.305 e. The van der Waals surface area contributed by atoms with Gasteiger partial charge in [-0.2, -0.15) is 0 Å². The second-order valence-electron chi connectivity index (χ2n) is 8.68. The van der Waals surface area contributed by atoms with Gasteiger partial charge in [0.15, 0.2) is 0 Å². The lowest BCUT2D eigenvalue weighted by atomic mass is 10.1. The molecule has 39 heavy (non-hydrogen) atoms. The van der Waals surface area contributed by atoms with E-state index in [-0.39, 0.29) is 19.2 Å². The zero-order valence-electron chi connectivity index (χ0n) is 24.3. The highest BCUT2D eigenvalue weighted by molar-refractivity contribution is 5.69. The van der Waals surface area contributed by atoms with Gasteiger partial charge in [-0.25, -0.2) is 4.39 Å². The summed E-state index contributed by atoms with van der Waals surface area (Å²) in [6, 6.07) is 0. The molecule has 0 aliphatic carbocycles. The van der Waals surface area contributed by atoms with Gasteiger partial charge in [0.2, 0.25) is 0 Å². The monoisotopic (exact) mass is 570 g/mol. The van der Waals surface area contributed by atoms with Crippen LogP contribution < -0.4 is 0 Å². The minimum absolute atomic E-state index is 0.114. The zero-order valence-corrected chi connectivity index (χ0v) is 24.3. The van der Waals surface area contributed by atoms with Crippen molar-refractivity contribution in [3.8, 4) is 0 Å². The first-order chi connectivity index (χ1) is 19.3. The molecule has 0 radical (unpaired) electrons. The van der Waals surface area contributed by atoms with Gasteiger partial charge in [-0.05, 0) is 6.42 Å². The number of hydrogen-bond acceptors (Lipinski definition) is 10. The average Bonchev–Trinajstić information content (AvgIpc) is 2.94. The van der Waals surface area contributed by atoms with Crippen LogP contribution in [-0.2, 0) is 47.4 Å². The molecule has 0 atom stereocenters. The summed E-state index contributed by atoms with van der Waals surface area (Å²) in [7, 11) is 0. The molecule has 0 rings (SSSR count). The van der Waals surface area contributed by atoms with Crippen LogP contribution in [0.25, 0.3) is 0 Å². The van der Waals surface area contributed by atoms with E-state index in [2.05, 4.69) is 6.92 Å². The third kappa shape index (κ3) is 35.1. The fourth-order valence-corrected chi connectivity index (χ4v) is 3.21. The Bertz CT molecular complexity index is 474. The summed E-state index contributed by atoms with van der Waals surface area (Å²) in [5, 5.41) is 0. The smallest absolute Gasteiger partial charge is 0.305 e. The topological polar surface area (TPSA) is 100 Å². The van der Waals surface area contributed by atoms with Crippen molar-refractivity contribution in [1.29, 1.82) is 0 Å². The predicted molar refractivity (Wildman–Crippen MR) is 146 cm³/mol. The molecule has 0 aromatic carbocycles. The molecule has 0 amide bonds. The van der Waals surface area contributed by atoms with Crippen molar-refractivity contribution in [2.75, 3.05) is 119 Å². The Balaban J connectivity index is 3.09. The quantitative estimate of drug-likeness (QED) is 0.0840. The number of halogens is 1. The van der Waals surface area contributed by atoms with Crippen LogP contribution in [0.5, 0.6) is 0 Å². The van der Waals surface area contributed by atoms with Gasteiger partial charge in [-0.15, -0.1) is 0 Å². The van der Waals surface area contributed by atoms with E-state index in [1.54, 1.807) is 0 Å². The van der Waals surface area contributed by atoms with Gasteiger partial charge in [0.25, 0.3) is 0 Å². The highest BCUT2D eigenvalue weighted by Crippen LogP contribution is 2.08. The number of carbonyl (C=O) groups is 1. The van der Waals surface area contributed by atoms with Crippen LogP contribution in [0.1, 0.15) is 58.3 Å². The summed E-state index contributed by atoms with van der Waals surface area (Å²) in [6.45, 7) is 9.14. The molecule has 0 bridgehead atoms. The van der Waals surface area contributed by atoms with E-state index in [4.69, 9.17) is 42.6 Å². The number of rotatable bonds is 34. The SMILES string of the molecule is CCCCCCCCCC(=O)OCCOCCOCCOCCOCCOCCOCCOCCOCCF. The molecule has 0 N–H and O–H groups in total. The summed E-state index contributed by atoms with van der Waals surface area (Å²) in [4.78, 5) is 11.7. The van der Waals surface area contributed by atoms with Crippen molar-refractivity contribution >= 4 is 5.97 Å². The van der Waals surface area contributed by atoms with Gasteiger partial charge >= 0.3 is 5.97 Å². The normalized spacial score (nSPS) is 11.3. The molecule has 11 heteroatoms. The Kier molecular flexibility index (Phi) is 34.3. The Morgan fingerprint density at radius 3 is 1.10 bits per heavy atom. The summed E-state index contributed by atoms with van der Waals surface area (Å²) in [5.74, 6) is -0.143. The maximum absolute atomic E-state index is 11.8. The second kappa shape index (κ2) is 35.1. The minimum Gasteiger partial charge on any atom is -0.463 e. The van der Waals surface area contributed by atoms with Crippen molar-refractivity contribution in [3.05, 3.63) is 0 Å². The van der Waals surface area contributed by atoms with Crippen LogP contribution in [0.3, 0.4) is 0 Å². The highest BCUT2D eigenvalue weighted by Gasteiger charge is 2.02. The fourth-order valence-electron chi connectivity index (χ4n) is 3.21. The molecule has 0 aromatic rings. The van der Waals surface area contributed by atoms with Gasteiger partial charge in [-0.1, -0.05) is 45.4 Å². The number of ether oxygens (including phenoxy) is 9. The lowest BCUT2D eigenvalue weighted by Crippen LogP contribution is -2.15. The number of hydrogen-bond donors (Lipinski definition) is 0. The largest absolute Gasteiger partial charge is 0.463 e. The Morgan fingerprint density at radius 1 is 0.436 bits per heavy atom. The van der Waals surface area contributed by atoms with Crippen LogP contribution in [-0.4, -0.2) is 125 Å². The molecule has 0 fully saturated rings. The summed E-state index contributed by atoms with van der Waals surface area (Å²) in [6.07, 6.45) is 8.79. The molecular formula is C28H55FO10. The van der Waals surface area contributed by atoms with E-state index in [9.17, 15) is 9.18 Å². The Hall–Kier alpha value is -0.920. The first kappa shape index (κ1) is 38.1. The zero-order chi connectivity index (χ0) is 28.3. The van der Waals surface area contributed by atoms with E-state index in [0.29, 0.717) is 106 Å². The molecule has 0 aliphatic rings. The minimum atomic E-state index is -0.474. The average molecular weight is 571 g/mol. The molecule has 0 aromatic heterocycles.